The van der Waals surface area contributed by atoms with E-state index in [9.17, 15) is 19.8 Å². The van der Waals surface area contributed by atoms with Gasteiger partial charge in [0.1, 0.15) is 18.3 Å². The molecule has 21 heavy (non-hydrogen) atoms. The maximum Gasteiger partial charge on any atom is 0.332 e. The lowest BCUT2D eigenvalue weighted by Crippen LogP contribution is -2.39. The van der Waals surface area contributed by atoms with Gasteiger partial charge in [0.05, 0.1) is 6.61 Å². The quantitative estimate of drug-likeness (QED) is 0.460. The van der Waals surface area contributed by atoms with E-state index < -0.39 is 42.4 Å². The van der Waals surface area contributed by atoms with E-state index in [-0.39, 0.29) is 11.2 Å². The summed E-state index contributed by atoms with van der Waals surface area (Å²) in [6.45, 7) is -0.531. The van der Waals surface area contributed by atoms with Crippen LogP contribution in [0.15, 0.2) is 22.0 Å². The number of fused-ring (bicyclic) bond motifs is 1. The molecule has 1 aliphatic rings. The number of aromatic amines is 1. The topological polar surface area (TPSA) is 151 Å². The Balaban J connectivity index is 2.22. The first-order chi connectivity index (χ1) is 10.0. The minimum atomic E-state index is -1.46. The standard InChI is InChI=1S/C11H12N4O6/c16-3-4-6(17)7(18)10(21-4)15-8-5(12-1-2-13-8)9(19)14-11(15)20/h1-2,4,6-7,10,16-18H,3H2,(H,14,19,20)/t4-,6?,7?,10-/m1/s1. The van der Waals surface area contributed by atoms with Crippen molar-refractivity contribution in [3.8, 4) is 0 Å². The van der Waals surface area contributed by atoms with Gasteiger partial charge in [-0.3, -0.25) is 9.78 Å². The summed E-state index contributed by atoms with van der Waals surface area (Å²) >= 11 is 0. The predicted octanol–water partition coefficient (Wildman–Crippen LogP) is -2.91. The molecule has 0 amide bonds. The molecule has 10 nitrogen and oxygen atoms in total. The molecular formula is C11H12N4O6. The number of ether oxygens (including phenoxy) is 1. The summed E-state index contributed by atoms with van der Waals surface area (Å²) in [5.41, 5.74) is -1.76. The summed E-state index contributed by atoms with van der Waals surface area (Å²) in [7, 11) is 0. The highest BCUT2D eigenvalue weighted by molar-refractivity contribution is 5.67. The van der Waals surface area contributed by atoms with Crippen LogP contribution >= 0.6 is 0 Å². The fraction of sp³-hybridized carbons (Fsp3) is 0.455. The van der Waals surface area contributed by atoms with Crippen LogP contribution in [0.1, 0.15) is 6.23 Å². The van der Waals surface area contributed by atoms with E-state index >= 15 is 0 Å². The van der Waals surface area contributed by atoms with E-state index in [1.807, 2.05) is 4.98 Å². The number of rotatable bonds is 2. The number of H-pyrrole nitrogens is 1. The van der Waals surface area contributed by atoms with Gasteiger partial charge in [-0.25, -0.2) is 19.3 Å². The molecule has 0 aliphatic carbocycles. The van der Waals surface area contributed by atoms with Crippen molar-refractivity contribution in [2.45, 2.75) is 24.5 Å². The largest absolute Gasteiger partial charge is 0.394 e. The van der Waals surface area contributed by atoms with Gasteiger partial charge in [0.15, 0.2) is 17.4 Å². The molecule has 4 N–H and O–H groups in total. The third kappa shape index (κ3) is 2.05. The first-order valence-corrected chi connectivity index (χ1v) is 6.12. The molecule has 0 spiro atoms. The van der Waals surface area contributed by atoms with Gasteiger partial charge in [0, 0.05) is 12.4 Å². The van der Waals surface area contributed by atoms with Crippen LogP contribution in [0.25, 0.3) is 11.2 Å². The molecule has 1 fully saturated rings. The maximum atomic E-state index is 12.0. The second-order valence-corrected chi connectivity index (χ2v) is 4.59. The Bertz CT molecular complexity index is 786. The summed E-state index contributed by atoms with van der Waals surface area (Å²) in [5, 5.41) is 28.8. The first-order valence-electron chi connectivity index (χ1n) is 6.12. The lowest BCUT2D eigenvalue weighted by Gasteiger charge is -2.18. The zero-order valence-electron chi connectivity index (χ0n) is 10.6. The van der Waals surface area contributed by atoms with Gasteiger partial charge in [0.25, 0.3) is 5.56 Å². The SMILES string of the molecule is O=c1[nH]c(=O)n([C@@H]2O[C@H](CO)C(O)C2O)c2nccnc12. The van der Waals surface area contributed by atoms with Gasteiger partial charge < -0.3 is 20.1 Å². The number of nitrogens with zero attached hydrogens (tertiary/aromatic N) is 3. The molecular weight excluding hydrogens is 284 g/mol. The number of nitrogens with one attached hydrogen (secondary N) is 1. The Morgan fingerprint density at radius 2 is 1.95 bits per heavy atom. The van der Waals surface area contributed by atoms with Crippen molar-refractivity contribution >= 4 is 11.2 Å². The van der Waals surface area contributed by atoms with Gasteiger partial charge in [-0.1, -0.05) is 0 Å². The summed E-state index contributed by atoms with van der Waals surface area (Å²) in [6, 6.07) is 0. The maximum absolute atomic E-state index is 12.0. The van der Waals surface area contributed by atoms with Crippen LogP contribution in [0, 0.1) is 0 Å². The van der Waals surface area contributed by atoms with Crippen molar-refractivity contribution in [2.75, 3.05) is 6.61 Å². The fourth-order valence-corrected chi connectivity index (χ4v) is 2.31. The summed E-state index contributed by atoms with van der Waals surface area (Å²) in [4.78, 5) is 33.4. The van der Waals surface area contributed by atoms with Gasteiger partial charge in [-0.05, 0) is 0 Å². The average Bonchev–Trinajstić information content (AvgIpc) is 2.75. The Kier molecular flexibility index (Phi) is 3.29. The molecule has 3 heterocycles. The third-order valence-electron chi connectivity index (χ3n) is 3.33. The number of aliphatic hydroxyl groups is 3. The molecule has 2 aromatic rings. The molecule has 3 rings (SSSR count). The molecule has 4 atom stereocenters. The fourth-order valence-electron chi connectivity index (χ4n) is 2.31. The third-order valence-corrected chi connectivity index (χ3v) is 3.33. The molecule has 0 saturated carbocycles. The molecule has 1 aliphatic heterocycles. The lowest BCUT2D eigenvalue weighted by molar-refractivity contribution is -0.0530. The second kappa shape index (κ2) is 5.00. The average molecular weight is 296 g/mol. The van der Waals surface area contributed by atoms with Gasteiger partial charge in [0.2, 0.25) is 0 Å². The van der Waals surface area contributed by atoms with Crippen LogP contribution in [0.4, 0.5) is 0 Å². The molecule has 2 unspecified atom stereocenters. The minimum absolute atomic E-state index is 0.0823. The van der Waals surface area contributed by atoms with Crippen LogP contribution in [-0.4, -0.2) is 59.8 Å². The summed E-state index contributed by atoms with van der Waals surface area (Å²) in [5.74, 6) is 0. The van der Waals surface area contributed by atoms with E-state index in [2.05, 4.69) is 9.97 Å². The number of aromatic nitrogens is 4. The molecule has 0 aromatic carbocycles. The molecule has 1 saturated heterocycles. The van der Waals surface area contributed by atoms with Gasteiger partial charge >= 0.3 is 5.69 Å². The van der Waals surface area contributed by atoms with Gasteiger partial charge in [-0.2, -0.15) is 0 Å². The Morgan fingerprint density at radius 3 is 2.62 bits per heavy atom. The number of hydrogen-bond donors (Lipinski definition) is 4. The molecule has 0 bridgehead atoms. The van der Waals surface area contributed by atoms with Crippen molar-refractivity contribution in [3.05, 3.63) is 33.2 Å². The van der Waals surface area contributed by atoms with Crippen LogP contribution < -0.4 is 11.2 Å². The number of aliphatic hydroxyl groups excluding tert-OH is 3. The van der Waals surface area contributed by atoms with E-state index in [4.69, 9.17) is 9.84 Å². The van der Waals surface area contributed by atoms with Crippen LogP contribution in [0.3, 0.4) is 0 Å². The highest BCUT2D eigenvalue weighted by Crippen LogP contribution is 2.29. The highest BCUT2D eigenvalue weighted by atomic mass is 16.6. The van der Waals surface area contributed by atoms with E-state index in [1.54, 1.807) is 0 Å². The first kappa shape index (κ1) is 13.8. The van der Waals surface area contributed by atoms with Crippen molar-refractivity contribution in [1.82, 2.24) is 19.5 Å². The monoisotopic (exact) mass is 296 g/mol. The normalized spacial score (nSPS) is 29.1. The Labute approximate surface area is 116 Å². The molecule has 0 radical (unpaired) electrons. The van der Waals surface area contributed by atoms with Crippen molar-refractivity contribution in [1.29, 1.82) is 0 Å². The minimum Gasteiger partial charge on any atom is -0.394 e. The van der Waals surface area contributed by atoms with Crippen LogP contribution in [-0.2, 0) is 4.74 Å². The molecule has 10 heteroatoms. The van der Waals surface area contributed by atoms with Crippen molar-refractivity contribution in [2.24, 2.45) is 0 Å². The van der Waals surface area contributed by atoms with E-state index in [1.165, 1.54) is 12.4 Å². The van der Waals surface area contributed by atoms with Gasteiger partial charge in [-0.15, -0.1) is 0 Å². The van der Waals surface area contributed by atoms with Crippen LogP contribution in [0.2, 0.25) is 0 Å². The lowest BCUT2D eigenvalue weighted by atomic mass is 10.1. The zero-order valence-corrected chi connectivity index (χ0v) is 10.6. The second-order valence-electron chi connectivity index (χ2n) is 4.59. The summed E-state index contributed by atoms with van der Waals surface area (Å²) in [6.07, 6.45) is -2.61. The Hall–Kier alpha value is -2.14. The summed E-state index contributed by atoms with van der Waals surface area (Å²) < 4.78 is 6.17. The predicted molar refractivity (Wildman–Crippen MR) is 67.4 cm³/mol. The highest BCUT2D eigenvalue weighted by Gasteiger charge is 2.44. The molecule has 112 valence electrons. The molecule has 2 aromatic heterocycles. The Morgan fingerprint density at radius 1 is 1.24 bits per heavy atom. The van der Waals surface area contributed by atoms with Crippen molar-refractivity contribution < 1.29 is 20.1 Å². The van der Waals surface area contributed by atoms with E-state index in [0.717, 1.165) is 4.57 Å². The smallest absolute Gasteiger partial charge is 0.332 e. The van der Waals surface area contributed by atoms with Crippen molar-refractivity contribution in [3.63, 3.8) is 0 Å². The van der Waals surface area contributed by atoms with Crippen LogP contribution in [0.5, 0.6) is 0 Å². The zero-order chi connectivity index (χ0) is 15.1. The number of hydrogen-bond acceptors (Lipinski definition) is 8. The van der Waals surface area contributed by atoms with E-state index in [0.29, 0.717) is 0 Å².